The molecule has 0 fully saturated rings. The zero-order valence-electron chi connectivity index (χ0n) is 21.0. The Morgan fingerprint density at radius 2 is 1.79 bits per heavy atom. The maximum atomic E-state index is 13.2. The Bertz CT molecular complexity index is 1610. The van der Waals surface area contributed by atoms with Gasteiger partial charge in [-0.15, -0.1) is 4.40 Å². The molecule has 0 aliphatic rings. The van der Waals surface area contributed by atoms with Crippen molar-refractivity contribution in [1.82, 2.24) is 9.88 Å². The summed E-state index contributed by atoms with van der Waals surface area (Å²) in [6, 6.07) is 20.7. The van der Waals surface area contributed by atoms with Crippen LogP contribution in [0.4, 0.5) is 17.2 Å². The van der Waals surface area contributed by atoms with Crippen molar-refractivity contribution in [1.29, 1.82) is 0 Å². The van der Waals surface area contributed by atoms with Crippen molar-refractivity contribution in [2.75, 3.05) is 31.8 Å². The normalized spacial score (nSPS) is 11.5. The number of halogens is 1. The van der Waals surface area contributed by atoms with Gasteiger partial charge in [0.15, 0.2) is 0 Å². The maximum absolute atomic E-state index is 13.2. The predicted molar refractivity (Wildman–Crippen MR) is 151 cm³/mol. The molecule has 0 radical (unpaired) electrons. The summed E-state index contributed by atoms with van der Waals surface area (Å²) in [5, 5.41) is 6.80. The van der Waals surface area contributed by atoms with E-state index in [-0.39, 0.29) is 22.9 Å². The highest BCUT2D eigenvalue weighted by molar-refractivity contribution is 7.90. The van der Waals surface area contributed by atoms with Crippen LogP contribution < -0.4 is 15.4 Å². The van der Waals surface area contributed by atoms with Gasteiger partial charge >= 0.3 is 0 Å². The van der Waals surface area contributed by atoms with Crippen molar-refractivity contribution in [3.8, 4) is 5.75 Å². The number of carbonyl (C=O) groups excluding carboxylic acids is 1. The summed E-state index contributed by atoms with van der Waals surface area (Å²) < 4.78 is 35.3. The van der Waals surface area contributed by atoms with Crippen molar-refractivity contribution in [3.63, 3.8) is 0 Å². The van der Waals surface area contributed by atoms with Crippen LogP contribution in [0.3, 0.4) is 0 Å². The van der Waals surface area contributed by atoms with Gasteiger partial charge in [-0.1, -0.05) is 29.8 Å². The van der Waals surface area contributed by atoms with E-state index in [2.05, 4.69) is 20.0 Å². The van der Waals surface area contributed by atoms with Crippen molar-refractivity contribution < 1.29 is 17.9 Å². The predicted octanol–water partition coefficient (Wildman–Crippen LogP) is 5.10. The van der Waals surface area contributed by atoms with E-state index in [9.17, 15) is 13.2 Å². The molecule has 4 rings (SSSR count). The first kappa shape index (κ1) is 26.9. The van der Waals surface area contributed by atoms with E-state index in [1.54, 1.807) is 63.7 Å². The molecule has 1 amide bonds. The summed E-state index contributed by atoms with van der Waals surface area (Å²) in [5.74, 6) is 0.847. The lowest BCUT2D eigenvalue weighted by atomic mass is 10.1. The molecule has 2 N–H and O–H groups in total. The van der Waals surface area contributed by atoms with Gasteiger partial charge in [0, 0.05) is 35.9 Å². The number of nitrogens with one attached hydrogen (secondary N) is 2. The smallest absolute Gasteiger partial charge is 0.284 e. The van der Waals surface area contributed by atoms with Crippen molar-refractivity contribution in [3.05, 3.63) is 83.4 Å². The fourth-order valence-corrected chi connectivity index (χ4v) is 4.97. The minimum Gasteiger partial charge on any atom is -0.497 e. The molecule has 1 heterocycles. The van der Waals surface area contributed by atoms with E-state index < -0.39 is 10.0 Å². The van der Waals surface area contributed by atoms with Crippen LogP contribution in [0, 0.1) is 0 Å². The Balaban J connectivity index is 1.72. The molecule has 0 atom stereocenters. The quantitative estimate of drug-likeness (QED) is 0.220. The number of methoxy groups -OCH3 is 1. The molecule has 0 aliphatic heterocycles. The van der Waals surface area contributed by atoms with Gasteiger partial charge in [-0.25, -0.2) is 4.98 Å². The summed E-state index contributed by atoms with van der Waals surface area (Å²) in [6.45, 7) is 0. The minimum absolute atomic E-state index is 0.0189. The van der Waals surface area contributed by atoms with Gasteiger partial charge in [0.05, 0.1) is 19.0 Å². The number of amides is 1. The third kappa shape index (κ3) is 6.58. The maximum Gasteiger partial charge on any atom is 0.284 e. The van der Waals surface area contributed by atoms with E-state index in [1.165, 1.54) is 17.3 Å². The SMILES string of the molecule is COc1ccc(Nc2ccc3c(S(=O)(=O)/N=C/N(C)C)cc(NC(=O)Cc4ccccc4Cl)cc3n2)cc1. The van der Waals surface area contributed by atoms with Crippen LogP contribution in [-0.4, -0.2) is 51.8 Å². The molecule has 0 saturated heterocycles. The van der Waals surface area contributed by atoms with Gasteiger partial charge in [-0.2, -0.15) is 8.42 Å². The lowest BCUT2D eigenvalue weighted by Crippen LogP contribution is -2.15. The Labute approximate surface area is 226 Å². The van der Waals surface area contributed by atoms with Crippen molar-refractivity contribution in [2.24, 2.45) is 4.40 Å². The third-order valence-electron chi connectivity index (χ3n) is 5.42. The number of ether oxygens (including phenoxy) is 1. The number of aromatic nitrogens is 1. The van der Waals surface area contributed by atoms with Crippen LogP contribution in [0.2, 0.25) is 5.02 Å². The van der Waals surface area contributed by atoms with Crippen molar-refractivity contribution in [2.45, 2.75) is 11.3 Å². The van der Waals surface area contributed by atoms with E-state index in [0.29, 0.717) is 33.1 Å². The topological polar surface area (TPSA) is 113 Å². The zero-order chi connectivity index (χ0) is 27.3. The van der Waals surface area contributed by atoms with Crippen LogP contribution >= 0.6 is 11.6 Å². The summed E-state index contributed by atoms with van der Waals surface area (Å²) in [5.41, 5.74) is 2.05. The molecule has 0 spiro atoms. The number of sulfonamides is 1. The lowest BCUT2D eigenvalue weighted by molar-refractivity contribution is -0.115. The number of nitrogens with zero attached hydrogens (tertiary/aromatic N) is 3. The number of benzene rings is 3. The Morgan fingerprint density at radius 1 is 1.05 bits per heavy atom. The Hall–Kier alpha value is -4.15. The molecule has 0 aliphatic carbocycles. The van der Waals surface area contributed by atoms with Crippen LogP contribution in [0.1, 0.15) is 5.56 Å². The van der Waals surface area contributed by atoms with Gasteiger partial charge in [0.1, 0.15) is 22.8 Å². The van der Waals surface area contributed by atoms with E-state index in [1.807, 2.05) is 24.3 Å². The fraction of sp³-hybridized carbons (Fsp3) is 0.148. The highest BCUT2D eigenvalue weighted by Crippen LogP contribution is 2.30. The first-order chi connectivity index (χ1) is 18.1. The van der Waals surface area contributed by atoms with Gasteiger partial charge in [-0.05, 0) is 60.2 Å². The molecule has 3 aromatic carbocycles. The highest BCUT2D eigenvalue weighted by atomic mass is 35.5. The second-order valence-electron chi connectivity index (χ2n) is 8.57. The number of fused-ring (bicyclic) bond motifs is 1. The largest absolute Gasteiger partial charge is 0.497 e. The number of hydrogen-bond acceptors (Lipinski definition) is 6. The monoisotopic (exact) mass is 551 g/mol. The summed E-state index contributed by atoms with van der Waals surface area (Å²) in [7, 11) is 0.821. The molecule has 0 unspecified atom stereocenters. The van der Waals surface area contributed by atoms with Gasteiger partial charge in [0.25, 0.3) is 10.0 Å². The number of anilines is 3. The molecule has 4 aromatic rings. The molecule has 196 valence electrons. The highest BCUT2D eigenvalue weighted by Gasteiger charge is 2.20. The Morgan fingerprint density at radius 3 is 2.47 bits per heavy atom. The van der Waals surface area contributed by atoms with E-state index in [0.717, 1.165) is 5.69 Å². The third-order valence-corrected chi connectivity index (χ3v) is 7.05. The molecule has 0 saturated carbocycles. The van der Waals surface area contributed by atoms with Crippen LogP contribution in [0.5, 0.6) is 5.75 Å². The average molecular weight is 552 g/mol. The van der Waals surface area contributed by atoms with Crippen LogP contribution in [0.15, 0.2) is 82.1 Å². The number of carbonyl (C=O) groups is 1. The second kappa shape index (κ2) is 11.5. The molecule has 9 nitrogen and oxygen atoms in total. The first-order valence-electron chi connectivity index (χ1n) is 11.5. The van der Waals surface area contributed by atoms with Gasteiger partial charge in [-0.3, -0.25) is 4.79 Å². The van der Waals surface area contributed by atoms with Gasteiger partial charge in [0.2, 0.25) is 5.91 Å². The standard InChI is InChI=1S/C27H26ClN5O4S/c1-33(2)17-29-38(35,36)25-16-20(31-27(34)14-18-6-4-5-7-23(18)28)15-24-22(25)12-13-26(32-24)30-19-8-10-21(37-3)11-9-19/h4-13,15-17H,14H2,1-3H3,(H,30,32)(H,31,34)/b29-17+. The molecule has 1 aromatic heterocycles. The second-order valence-corrected chi connectivity index (χ2v) is 10.6. The van der Waals surface area contributed by atoms with Crippen LogP contribution in [0.25, 0.3) is 10.9 Å². The molecular weight excluding hydrogens is 526 g/mol. The van der Waals surface area contributed by atoms with E-state index >= 15 is 0 Å². The number of hydrogen-bond donors (Lipinski definition) is 2. The molecule has 38 heavy (non-hydrogen) atoms. The molecular formula is C27H26ClN5O4S. The first-order valence-corrected chi connectivity index (χ1v) is 13.3. The Kier molecular flexibility index (Phi) is 8.13. The van der Waals surface area contributed by atoms with E-state index in [4.69, 9.17) is 16.3 Å². The number of rotatable bonds is 9. The fourth-order valence-electron chi connectivity index (χ4n) is 3.61. The van der Waals surface area contributed by atoms with Gasteiger partial charge < -0.3 is 20.3 Å². The molecule has 11 heteroatoms. The summed E-state index contributed by atoms with van der Waals surface area (Å²) in [6.07, 6.45) is 1.22. The average Bonchev–Trinajstić information content (AvgIpc) is 2.88. The summed E-state index contributed by atoms with van der Waals surface area (Å²) >= 11 is 6.19. The minimum atomic E-state index is -4.10. The lowest BCUT2D eigenvalue weighted by Gasteiger charge is -2.13. The number of pyridine rings is 1. The van der Waals surface area contributed by atoms with Crippen molar-refractivity contribution >= 4 is 62.0 Å². The molecule has 0 bridgehead atoms. The summed E-state index contributed by atoms with van der Waals surface area (Å²) in [4.78, 5) is 18.9. The van der Waals surface area contributed by atoms with Crippen LogP contribution in [-0.2, 0) is 21.2 Å². The zero-order valence-corrected chi connectivity index (χ0v) is 22.5.